The van der Waals surface area contributed by atoms with E-state index in [2.05, 4.69) is 50.3 Å². The van der Waals surface area contributed by atoms with Crippen molar-refractivity contribution in [2.45, 2.75) is 180 Å². The van der Waals surface area contributed by atoms with Gasteiger partial charge in [-0.25, -0.2) is 4.57 Å². The van der Waals surface area contributed by atoms with Crippen LogP contribution in [0.1, 0.15) is 168 Å². The molecule has 0 aliphatic rings. The van der Waals surface area contributed by atoms with Gasteiger partial charge >= 0.3 is 13.8 Å². The van der Waals surface area contributed by atoms with Crippen LogP contribution in [0.2, 0.25) is 0 Å². The molecule has 3 N–H and O–H groups in total. The molecule has 0 amide bonds. The Morgan fingerprint density at radius 1 is 0.620 bits per heavy atom. The highest BCUT2D eigenvalue weighted by Gasteiger charge is 2.26. The summed E-state index contributed by atoms with van der Waals surface area (Å²) >= 11 is 0. The van der Waals surface area contributed by atoms with Gasteiger partial charge < -0.3 is 24.6 Å². The van der Waals surface area contributed by atoms with Gasteiger partial charge in [-0.1, -0.05) is 127 Å². The van der Waals surface area contributed by atoms with Gasteiger partial charge in [0.25, 0.3) is 0 Å². The largest absolute Gasteiger partial charge is 0.472 e. The number of carbonyl (C=O) groups is 1. The number of ether oxygens (including phenoxy) is 2. The third-order valence-electron chi connectivity index (χ3n) is 8.30. The van der Waals surface area contributed by atoms with E-state index in [9.17, 15) is 19.4 Å². The highest BCUT2D eigenvalue weighted by atomic mass is 31.2. The summed E-state index contributed by atoms with van der Waals surface area (Å²) in [6.07, 6.45) is 38.1. The SMILES string of the molecule is CCCCC/C=C\CCCCCCCCOCC(COP(=O)(O)OCC(O)CO)OC(=O)CCCCCCC/C=C\C/C=C\CCCCCC. The summed E-state index contributed by atoms with van der Waals surface area (Å²) in [5.74, 6) is -0.399. The molecule has 9 nitrogen and oxygen atoms in total. The number of phosphoric ester groups is 1. The standard InChI is InChI=1S/C40H75O9P/c1-3-5-7-9-11-13-15-17-18-19-20-22-24-26-28-30-32-40(43)49-39(37-48-50(44,45)47-35-38(42)34-41)36-46-33-31-29-27-25-23-21-16-14-12-10-8-6-4-2/h12-15,18-19,38-39,41-42H,3-11,16-17,20-37H2,1-2H3,(H,44,45)/b14-12-,15-13-,19-18-. The number of phosphoric acid groups is 1. The summed E-state index contributed by atoms with van der Waals surface area (Å²) in [5.41, 5.74) is 0. The number of esters is 1. The Hall–Kier alpha value is -1.32. The quantitative estimate of drug-likeness (QED) is 0.0246. The van der Waals surface area contributed by atoms with Gasteiger partial charge in [0.1, 0.15) is 12.2 Å². The Kier molecular flexibility index (Phi) is 36.4. The Morgan fingerprint density at radius 2 is 1.08 bits per heavy atom. The summed E-state index contributed by atoms with van der Waals surface area (Å²) in [7, 11) is -4.52. The minimum absolute atomic E-state index is 0.0395. The van der Waals surface area contributed by atoms with E-state index in [0.717, 1.165) is 64.2 Å². The van der Waals surface area contributed by atoms with Crippen LogP contribution in [0.5, 0.6) is 0 Å². The molecule has 0 fully saturated rings. The Bertz CT molecular complexity index is 877. The molecule has 0 aliphatic carbocycles. The van der Waals surface area contributed by atoms with Crippen LogP contribution in [0.3, 0.4) is 0 Å². The van der Waals surface area contributed by atoms with E-state index in [4.69, 9.17) is 23.6 Å². The molecule has 0 spiro atoms. The average molecular weight is 731 g/mol. The lowest BCUT2D eigenvalue weighted by Gasteiger charge is -2.20. The van der Waals surface area contributed by atoms with Crippen molar-refractivity contribution in [2.75, 3.05) is 33.0 Å². The first-order valence-corrected chi connectivity index (χ1v) is 21.5. The van der Waals surface area contributed by atoms with Crippen LogP contribution in [0.25, 0.3) is 0 Å². The van der Waals surface area contributed by atoms with E-state index in [1.807, 2.05) is 0 Å². The van der Waals surface area contributed by atoms with Crippen LogP contribution in [-0.4, -0.2) is 66.3 Å². The molecular formula is C40H75O9P. The molecule has 0 bridgehead atoms. The zero-order valence-electron chi connectivity index (χ0n) is 31.9. The predicted octanol–water partition coefficient (Wildman–Crippen LogP) is 10.5. The van der Waals surface area contributed by atoms with Crippen LogP contribution in [0.15, 0.2) is 36.5 Å². The van der Waals surface area contributed by atoms with Crippen LogP contribution in [0, 0.1) is 0 Å². The van der Waals surface area contributed by atoms with Gasteiger partial charge in [0, 0.05) is 13.0 Å². The summed E-state index contributed by atoms with van der Waals surface area (Å²) in [6, 6.07) is 0. The van der Waals surface area contributed by atoms with Gasteiger partial charge in [0.05, 0.1) is 26.4 Å². The highest BCUT2D eigenvalue weighted by molar-refractivity contribution is 7.47. The molecule has 0 aromatic carbocycles. The van der Waals surface area contributed by atoms with Crippen LogP contribution >= 0.6 is 7.82 Å². The van der Waals surface area contributed by atoms with Crippen LogP contribution in [-0.2, 0) is 27.9 Å². The highest BCUT2D eigenvalue weighted by Crippen LogP contribution is 2.43. The van der Waals surface area contributed by atoms with Gasteiger partial charge in [-0.3, -0.25) is 13.8 Å². The number of hydrogen-bond acceptors (Lipinski definition) is 8. The van der Waals surface area contributed by atoms with Crippen molar-refractivity contribution in [3.8, 4) is 0 Å². The fourth-order valence-electron chi connectivity index (χ4n) is 5.20. The number of unbranched alkanes of at least 4 members (excludes halogenated alkanes) is 18. The van der Waals surface area contributed by atoms with Gasteiger partial charge in [-0.05, 0) is 70.6 Å². The van der Waals surface area contributed by atoms with Crippen LogP contribution < -0.4 is 0 Å². The molecular weight excluding hydrogens is 655 g/mol. The third-order valence-corrected chi connectivity index (χ3v) is 9.25. The van der Waals surface area contributed by atoms with Crippen molar-refractivity contribution in [1.29, 1.82) is 0 Å². The number of carbonyl (C=O) groups excluding carboxylic acids is 1. The van der Waals surface area contributed by atoms with E-state index < -0.39 is 39.2 Å². The smallest absolute Gasteiger partial charge is 0.457 e. The summed E-state index contributed by atoms with van der Waals surface area (Å²) < 4.78 is 33.2. The van der Waals surface area contributed by atoms with Crippen molar-refractivity contribution in [1.82, 2.24) is 0 Å². The van der Waals surface area contributed by atoms with Crippen molar-refractivity contribution in [3.63, 3.8) is 0 Å². The molecule has 0 aliphatic heterocycles. The van der Waals surface area contributed by atoms with Gasteiger partial charge in [-0.15, -0.1) is 0 Å². The molecule has 294 valence electrons. The zero-order valence-corrected chi connectivity index (χ0v) is 32.8. The first kappa shape index (κ1) is 48.7. The van der Waals surface area contributed by atoms with Crippen molar-refractivity contribution in [2.24, 2.45) is 0 Å². The summed E-state index contributed by atoms with van der Waals surface area (Å²) in [6.45, 7) is 3.44. The van der Waals surface area contributed by atoms with Crippen molar-refractivity contribution in [3.05, 3.63) is 36.5 Å². The van der Waals surface area contributed by atoms with E-state index >= 15 is 0 Å². The minimum Gasteiger partial charge on any atom is -0.457 e. The number of rotatable bonds is 38. The molecule has 3 unspecified atom stereocenters. The monoisotopic (exact) mass is 731 g/mol. The molecule has 10 heteroatoms. The zero-order chi connectivity index (χ0) is 36.8. The van der Waals surface area contributed by atoms with E-state index in [1.54, 1.807) is 0 Å². The van der Waals surface area contributed by atoms with Crippen LogP contribution in [0.4, 0.5) is 0 Å². The average Bonchev–Trinajstić information content (AvgIpc) is 3.10. The lowest BCUT2D eigenvalue weighted by Crippen LogP contribution is -2.29. The normalized spacial score (nSPS) is 14.6. The predicted molar refractivity (Wildman–Crippen MR) is 205 cm³/mol. The molecule has 0 radical (unpaired) electrons. The summed E-state index contributed by atoms with van der Waals surface area (Å²) in [5, 5.41) is 18.3. The maximum atomic E-state index is 12.6. The molecule has 50 heavy (non-hydrogen) atoms. The maximum absolute atomic E-state index is 12.6. The molecule has 0 rings (SSSR count). The molecule has 0 saturated heterocycles. The van der Waals surface area contributed by atoms with E-state index in [-0.39, 0.29) is 19.6 Å². The lowest BCUT2D eigenvalue weighted by molar-refractivity contribution is -0.154. The van der Waals surface area contributed by atoms with Gasteiger partial charge in [-0.2, -0.15) is 0 Å². The van der Waals surface area contributed by atoms with Gasteiger partial charge in [0.2, 0.25) is 0 Å². The number of hydrogen-bond donors (Lipinski definition) is 3. The fraction of sp³-hybridized carbons (Fsp3) is 0.825. The third kappa shape index (κ3) is 36.5. The second-order valence-corrected chi connectivity index (χ2v) is 14.7. The van der Waals surface area contributed by atoms with E-state index in [1.165, 1.54) is 77.0 Å². The fourth-order valence-corrected chi connectivity index (χ4v) is 5.99. The lowest BCUT2D eigenvalue weighted by atomic mass is 10.1. The molecule has 0 aromatic heterocycles. The first-order chi connectivity index (χ1) is 24.3. The second-order valence-electron chi connectivity index (χ2n) is 13.3. The molecule has 0 saturated carbocycles. The summed E-state index contributed by atoms with van der Waals surface area (Å²) in [4.78, 5) is 22.5. The maximum Gasteiger partial charge on any atom is 0.472 e. The molecule has 0 aromatic rings. The first-order valence-electron chi connectivity index (χ1n) is 20.0. The minimum atomic E-state index is -4.52. The number of aliphatic hydroxyl groups excluding tert-OH is 2. The Labute approximate surface area is 305 Å². The Balaban J connectivity index is 4.25. The van der Waals surface area contributed by atoms with Crippen molar-refractivity contribution < 1.29 is 43.0 Å². The topological polar surface area (TPSA) is 132 Å². The Morgan fingerprint density at radius 3 is 1.66 bits per heavy atom. The second kappa shape index (κ2) is 37.4. The molecule has 0 heterocycles. The number of allylic oxidation sites excluding steroid dienone is 6. The number of aliphatic hydroxyl groups is 2. The molecule has 3 atom stereocenters. The van der Waals surface area contributed by atoms with Gasteiger partial charge in [0.15, 0.2) is 0 Å². The van der Waals surface area contributed by atoms with E-state index in [0.29, 0.717) is 13.0 Å². The van der Waals surface area contributed by atoms with Crippen molar-refractivity contribution >= 4 is 13.8 Å².